The lowest BCUT2D eigenvalue weighted by molar-refractivity contribution is 0.0730. The molecule has 1 N–H and O–H groups in total. The first-order chi connectivity index (χ1) is 12.5. The van der Waals surface area contributed by atoms with Crippen molar-refractivity contribution in [3.05, 3.63) is 48.0 Å². The highest BCUT2D eigenvalue weighted by molar-refractivity contribution is 7.89. The molecular formula is C18H20N2O5S. The molecule has 0 bridgehead atoms. The number of phenolic OH excluding ortho intramolecular Hbond substituents is 1. The van der Waals surface area contributed by atoms with Gasteiger partial charge in [-0.3, -0.25) is 4.99 Å². The van der Waals surface area contributed by atoms with Crippen LogP contribution in [0.3, 0.4) is 0 Å². The number of rotatable bonds is 5. The van der Waals surface area contributed by atoms with Gasteiger partial charge < -0.3 is 14.6 Å². The molecule has 8 heteroatoms. The van der Waals surface area contributed by atoms with E-state index in [1.807, 2.05) is 0 Å². The summed E-state index contributed by atoms with van der Waals surface area (Å²) in [7, 11) is -2.11. The summed E-state index contributed by atoms with van der Waals surface area (Å²) in [4.78, 5) is 4.47. The maximum absolute atomic E-state index is 12.7. The molecule has 138 valence electrons. The SMILES string of the molecule is COc1cccc(C=Nc2cccc(S(=O)(=O)N3CCOCC3)c2)c1O. The monoisotopic (exact) mass is 376 g/mol. The van der Waals surface area contributed by atoms with E-state index in [0.29, 0.717) is 43.3 Å². The van der Waals surface area contributed by atoms with E-state index in [9.17, 15) is 13.5 Å². The van der Waals surface area contributed by atoms with Gasteiger partial charge in [0.15, 0.2) is 11.5 Å². The Morgan fingerprint density at radius 3 is 2.65 bits per heavy atom. The number of phenols is 1. The van der Waals surface area contributed by atoms with Crippen LogP contribution in [-0.2, 0) is 14.8 Å². The third-order valence-corrected chi connectivity index (χ3v) is 5.92. The highest BCUT2D eigenvalue weighted by atomic mass is 32.2. The number of aromatic hydroxyl groups is 1. The molecule has 0 spiro atoms. The minimum Gasteiger partial charge on any atom is -0.504 e. The molecule has 2 aromatic carbocycles. The number of aliphatic imine (C=N–C) groups is 1. The average molecular weight is 376 g/mol. The van der Waals surface area contributed by atoms with Crippen LogP contribution in [0.4, 0.5) is 5.69 Å². The van der Waals surface area contributed by atoms with E-state index in [1.54, 1.807) is 36.4 Å². The van der Waals surface area contributed by atoms with E-state index in [1.165, 1.54) is 23.7 Å². The number of sulfonamides is 1. The van der Waals surface area contributed by atoms with Crippen molar-refractivity contribution in [3.8, 4) is 11.5 Å². The van der Waals surface area contributed by atoms with Crippen LogP contribution < -0.4 is 4.74 Å². The minimum atomic E-state index is -3.58. The summed E-state index contributed by atoms with van der Waals surface area (Å²) < 4.78 is 37.1. The Kier molecular flexibility index (Phi) is 5.55. The molecule has 26 heavy (non-hydrogen) atoms. The molecule has 0 amide bonds. The lowest BCUT2D eigenvalue weighted by Crippen LogP contribution is -2.40. The summed E-state index contributed by atoms with van der Waals surface area (Å²) in [6, 6.07) is 11.5. The zero-order valence-corrected chi connectivity index (χ0v) is 15.1. The molecule has 1 aliphatic rings. The standard InChI is InChI=1S/C18H20N2O5S/c1-24-17-7-2-4-14(18(17)21)13-19-15-5-3-6-16(12-15)26(22,23)20-8-10-25-11-9-20/h2-7,12-13,21H,8-11H2,1H3. The first kappa shape index (κ1) is 18.4. The summed E-state index contributed by atoms with van der Waals surface area (Å²) in [6.07, 6.45) is 1.47. The van der Waals surface area contributed by atoms with E-state index in [4.69, 9.17) is 9.47 Å². The molecule has 0 aliphatic carbocycles. The quantitative estimate of drug-likeness (QED) is 0.808. The fourth-order valence-electron chi connectivity index (χ4n) is 2.61. The number of methoxy groups -OCH3 is 1. The van der Waals surface area contributed by atoms with Crippen molar-refractivity contribution in [2.24, 2.45) is 4.99 Å². The largest absolute Gasteiger partial charge is 0.504 e. The zero-order chi connectivity index (χ0) is 18.6. The summed E-state index contributed by atoms with van der Waals surface area (Å²) >= 11 is 0. The first-order valence-corrected chi connectivity index (χ1v) is 9.54. The van der Waals surface area contributed by atoms with Crippen molar-refractivity contribution in [3.63, 3.8) is 0 Å². The summed E-state index contributed by atoms with van der Waals surface area (Å²) in [5.74, 6) is 0.327. The minimum absolute atomic E-state index is 0.0177. The second-order valence-corrected chi connectivity index (χ2v) is 7.61. The van der Waals surface area contributed by atoms with Gasteiger partial charge in [-0.25, -0.2) is 8.42 Å². The van der Waals surface area contributed by atoms with Crippen LogP contribution in [0.15, 0.2) is 52.4 Å². The van der Waals surface area contributed by atoms with Gasteiger partial charge in [0.25, 0.3) is 0 Å². The number of para-hydroxylation sites is 1. The van der Waals surface area contributed by atoms with Crippen LogP contribution in [0.1, 0.15) is 5.56 Å². The number of nitrogens with zero attached hydrogens (tertiary/aromatic N) is 2. The fourth-order valence-corrected chi connectivity index (χ4v) is 4.06. The van der Waals surface area contributed by atoms with Crippen molar-refractivity contribution >= 4 is 21.9 Å². The average Bonchev–Trinajstić information content (AvgIpc) is 2.68. The van der Waals surface area contributed by atoms with Crippen LogP contribution in [0.5, 0.6) is 11.5 Å². The Bertz CT molecular complexity index is 906. The van der Waals surface area contributed by atoms with Crippen molar-refractivity contribution < 1.29 is 23.0 Å². The number of morpholine rings is 1. The van der Waals surface area contributed by atoms with E-state index in [2.05, 4.69) is 4.99 Å². The second kappa shape index (κ2) is 7.86. The highest BCUT2D eigenvalue weighted by Crippen LogP contribution is 2.29. The molecule has 0 saturated carbocycles. The molecule has 1 heterocycles. The Morgan fingerprint density at radius 2 is 1.92 bits per heavy atom. The van der Waals surface area contributed by atoms with Gasteiger partial charge in [-0.1, -0.05) is 12.1 Å². The normalized spacial score (nSPS) is 16.0. The summed E-state index contributed by atoms with van der Waals surface area (Å²) in [6.45, 7) is 1.47. The molecule has 3 rings (SSSR count). The fraction of sp³-hybridized carbons (Fsp3) is 0.278. The number of hydrogen-bond acceptors (Lipinski definition) is 6. The zero-order valence-electron chi connectivity index (χ0n) is 14.3. The van der Waals surface area contributed by atoms with Gasteiger partial charge >= 0.3 is 0 Å². The van der Waals surface area contributed by atoms with E-state index >= 15 is 0 Å². The van der Waals surface area contributed by atoms with Crippen LogP contribution in [0.25, 0.3) is 0 Å². The predicted octanol–water partition coefficient (Wildman–Crippen LogP) is 2.17. The topological polar surface area (TPSA) is 88.4 Å². The number of benzene rings is 2. The van der Waals surface area contributed by atoms with Crippen molar-refractivity contribution in [1.82, 2.24) is 4.31 Å². The summed E-state index contributed by atoms with van der Waals surface area (Å²) in [5.41, 5.74) is 0.951. The maximum Gasteiger partial charge on any atom is 0.243 e. The molecular weight excluding hydrogens is 356 g/mol. The molecule has 2 aromatic rings. The van der Waals surface area contributed by atoms with Gasteiger partial charge in [-0.2, -0.15) is 4.31 Å². The van der Waals surface area contributed by atoms with Crippen molar-refractivity contribution in [2.45, 2.75) is 4.90 Å². The molecule has 0 atom stereocenters. The molecule has 1 saturated heterocycles. The Hall–Kier alpha value is -2.42. The Morgan fingerprint density at radius 1 is 1.19 bits per heavy atom. The van der Waals surface area contributed by atoms with Crippen molar-refractivity contribution in [1.29, 1.82) is 0 Å². The third kappa shape index (κ3) is 3.87. The molecule has 0 unspecified atom stereocenters. The van der Waals surface area contributed by atoms with Crippen LogP contribution in [-0.4, -0.2) is 57.5 Å². The van der Waals surface area contributed by atoms with Gasteiger partial charge in [0.2, 0.25) is 10.0 Å². The van der Waals surface area contributed by atoms with Gasteiger partial charge in [0, 0.05) is 24.9 Å². The van der Waals surface area contributed by atoms with E-state index < -0.39 is 10.0 Å². The maximum atomic E-state index is 12.7. The molecule has 7 nitrogen and oxygen atoms in total. The lowest BCUT2D eigenvalue weighted by atomic mass is 10.2. The number of hydrogen-bond donors (Lipinski definition) is 1. The van der Waals surface area contributed by atoms with E-state index in [-0.39, 0.29) is 10.6 Å². The molecule has 0 radical (unpaired) electrons. The Labute approximate surface area is 152 Å². The smallest absolute Gasteiger partial charge is 0.243 e. The number of ether oxygens (including phenoxy) is 2. The molecule has 1 fully saturated rings. The highest BCUT2D eigenvalue weighted by Gasteiger charge is 2.26. The summed E-state index contributed by atoms with van der Waals surface area (Å²) in [5, 5.41) is 10.1. The predicted molar refractivity (Wildman–Crippen MR) is 97.9 cm³/mol. The van der Waals surface area contributed by atoms with Crippen molar-refractivity contribution in [2.75, 3.05) is 33.4 Å². The molecule has 1 aliphatic heterocycles. The first-order valence-electron chi connectivity index (χ1n) is 8.10. The second-order valence-electron chi connectivity index (χ2n) is 5.67. The Balaban J connectivity index is 1.86. The third-order valence-electron chi connectivity index (χ3n) is 4.03. The van der Waals surface area contributed by atoms with Gasteiger partial charge in [0.05, 0.1) is 30.9 Å². The van der Waals surface area contributed by atoms with Gasteiger partial charge in [0.1, 0.15) is 0 Å². The molecule has 0 aromatic heterocycles. The van der Waals surface area contributed by atoms with E-state index in [0.717, 1.165) is 0 Å². The van der Waals surface area contributed by atoms with Crippen LogP contribution in [0, 0.1) is 0 Å². The lowest BCUT2D eigenvalue weighted by Gasteiger charge is -2.26. The van der Waals surface area contributed by atoms with Gasteiger partial charge in [-0.05, 0) is 30.3 Å². The van der Waals surface area contributed by atoms with Gasteiger partial charge in [-0.15, -0.1) is 0 Å². The van der Waals surface area contributed by atoms with Crippen LogP contribution in [0.2, 0.25) is 0 Å². The van der Waals surface area contributed by atoms with Crippen LogP contribution >= 0.6 is 0 Å².